The van der Waals surface area contributed by atoms with Gasteiger partial charge in [-0.3, -0.25) is 4.79 Å². The number of nitrogens with zero attached hydrogens (tertiary/aromatic N) is 1. The maximum absolute atomic E-state index is 13.9. The van der Waals surface area contributed by atoms with Crippen molar-refractivity contribution in [3.05, 3.63) is 114 Å². The van der Waals surface area contributed by atoms with Crippen LogP contribution in [-0.4, -0.2) is 82.3 Å². The first-order valence-electron chi connectivity index (χ1n) is 18.4. The van der Waals surface area contributed by atoms with Crippen LogP contribution in [-0.2, 0) is 33.7 Å². The smallest absolute Gasteiger partial charge is 0.408 e. The summed E-state index contributed by atoms with van der Waals surface area (Å²) in [4.78, 5) is 43.9. The minimum absolute atomic E-state index is 0.00386. The van der Waals surface area contributed by atoms with Gasteiger partial charge in [0.15, 0.2) is 6.61 Å². The van der Waals surface area contributed by atoms with Crippen LogP contribution in [0.2, 0.25) is 0 Å². The third-order valence-corrected chi connectivity index (χ3v) is 8.60. The summed E-state index contributed by atoms with van der Waals surface area (Å²) in [5.41, 5.74) is 1.77. The van der Waals surface area contributed by atoms with Gasteiger partial charge in [-0.25, -0.2) is 14.6 Å². The monoisotopic (exact) mass is 757 g/mol. The van der Waals surface area contributed by atoms with Crippen LogP contribution in [0.4, 0.5) is 9.59 Å². The number of carbonyl (C=O) groups is 3. The molecule has 0 aliphatic carbocycles. The molecule has 1 aromatic heterocycles. The molecule has 0 saturated carbocycles. The van der Waals surface area contributed by atoms with Crippen LogP contribution in [0.25, 0.3) is 11.3 Å². The van der Waals surface area contributed by atoms with Gasteiger partial charge in [-0.15, -0.1) is 0 Å². The van der Waals surface area contributed by atoms with Crippen LogP contribution in [0, 0.1) is 5.41 Å². The molecule has 6 N–H and O–H groups in total. The van der Waals surface area contributed by atoms with Crippen molar-refractivity contribution >= 4 is 18.1 Å². The van der Waals surface area contributed by atoms with E-state index in [0.717, 1.165) is 16.7 Å². The Balaban J connectivity index is 1.39. The fourth-order valence-corrected chi connectivity index (χ4v) is 5.77. The molecule has 4 rings (SSSR count). The van der Waals surface area contributed by atoms with Crippen LogP contribution >= 0.6 is 0 Å². The number of alkyl carbamates (subject to hydrolysis) is 2. The molecule has 0 radical (unpaired) electrons. The lowest BCUT2D eigenvalue weighted by Crippen LogP contribution is -2.58. The lowest BCUT2D eigenvalue weighted by molar-refractivity contribution is -0.127. The number of benzene rings is 3. The number of aliphatic hydroxyl groups is 2. The lowest BCUT2D eigenvalue weighted by atomic mass is 9.85. The van der Waals surface area contributed by atoms with E-state index in [0.29, 0.717) is 12.1 Å². The van der Waals surface area contributed by atoms with E-state index in [2.05, 4.69) is 26.3 Å². The molecule has 0 spiro atoms. The highest BCUT2D eigenvalue weighted by Gasteiger charge is 2.36. The molecule has 0 bridgehead atoms. The molecule has 4 aromatic rings. The van der Waals surface area contributed by atoms with Crippen molar-refractivity contribution in [2.24, 2.45) is 5.41 Å². The topological polar surface area (TPSA) is 184 Å². The van der Waals surface area contributed by atoms with Crippen molar-refractivity contribution < 1.29 is 38.5 Å². The zero-order valence-corrected chi connectivity index (χ0v) is 32.5. The van der Waals surface area contributed by atoms with Gasteiger partial charge in [0.05, 0.1) is 24.3 Å². The Morgan fingerprint density at radius 1 is 0.709 bits per heavy atom. The Bertz CT molecular complexity index is 1770. The summed E-state index contributed by atoms with van der Waals surface area (Å²) in [7, 11) is 0. The largest absolute Gasteiger partial charge is 0.445 e. The van der Waals surface area contributed by atoms with E-state index in [4.69, 9.17) is 13.9 Å². The molecule has 5 atom stereocenters. The Labute approximate surface area is 323 Å². The average molecular weight is 758 g/mol. The number of oxazole rings is 1. The molecule has 13 heteroatoms. The molecular weight excluding hydrogens is 702 g/mol. The fraction of sp³-hybridized carbons (Fsp3) is 0.429. The molecule has 0 aliphatic rings. The summed E-state index contributed by atoms with van der Waals surface area (Å²) in [6, 6.07) is 25.8. The van der Waals surface area contributed by atoms with Gasteiger partial charge in [0, 0.05) is 18.7 Å². The van der Waals surface area contributed by atoms with Gasteiger partial charge < -0.3 is 45.4 Å². The van der Waals surface area contributed by atoms with Crippen molar-refractivity contribution in [1.29, 1.82) is 0 Å². The molecule has 1 heterocycles. The molecule has 3 amide bonds. The Hall–Kier alpha value is -5.24. The van der Waals surface area contributed by atoms with Crippen LogP contribution in [0.1, 0.15) is 58.6 Å². The van der Waals surface area contributed by atoms with E-state index >= 15 is 0 Å². The maximum Gasteiger partial charge on any atom is 0.408 e. The van der Waals surface area contributed by atoms with Crippen LogP contribution in [0.3, 0.4) is 0 Å². The molecule has 0 saturated heterocycles. The normalized spacial score (nSPS) is 14.5. The quantitative estimate of drug-likeness (QED) is 0.0842. The van der Waals surface area contributed by atoms with Crippen molar-refractivity contribution in [2.45, 2.75) is 96.9 Å². The minimum Gasteiger partial charge on any atom is -0.445 e. The number of rotatable bonds is 17. The number of nitrogens with one attached hydrogen (secondary N) is 4. The Morgan fingerprint density at radius 2 is 1.22 bits per heavy atom. The molecule has 296 valence electrons. The molecule has 3 aromatic carbocycles. The summed E-state index contributed by atoms with van der Waals surface area (Å²) < 4.78 is 16.3. The highest BCUT2D eigenvalue weighted by molar-refractivity contribution is 5.86. The van der Waals surface area contributed by atoms with Crippen molar-refractivity contribution in [3.63, 3.8) is 0 Å². The Kier molecular flexibility index (Phi) is 15.4. The van der Waals surface area contributed by atoms with Crippen molar-refractivity contribution in [1.82, 2.24) is 26.3 Å². The SMILES string of the molecule is CC(C)(C)OC(=O)N[C@@H](Cc1ccccc1)[C@H](O)CNC[C@@H](O)[C@H](Cc1ccccc1)NC(=O)[C@@H](NC(=O)OCc1nc(-c2ccccc2)co1)C(C)(C)C. The van der Waals surface area contributed by atoms with Crippen molar-refractivity contribution in [3.8, 4) is 11.3 Å². The first-order chi connectivity index (χ1) is 26.1. The second kappa shape index (κ2) is 19.9. The second-order valence-corrected chi connectivity index (χ2v) is 15.6. The number of amides is 3. The van der Waals surface area contributed by atoms with Gasteiger partial charge >= 0.3 is 12.2 Å². The third kappa shape index (κ3) is 14.5. The van der Waals surface area contributed by atoms with E-state index < -0.39 is 59.4 Å². The van der Waals surface area contributed by atoms with Crippen molar-refractivity contribution in [2.75, 3.05) is 13.1 Å². The van der Waals surface area contributed by atoms with E-state index in [-0.39, 0.29) is 32.0 Å². The van der Waals surface area contributed by atoms with Gasteiger partial charge in [-0.2, -0.15) is 0 Å². The van der Waals surface area contributed by atoms with Gasteiger partial charge in [0.25, 0.3) is 0 Å². The number of ether oxygens (including phenoxy) is 2. The molecule has 55 heavy (non-hydrogen) atoms. The standard InChI is InChI=1S/C42H55N5O8/c1-41(2,3)37(47-39(51)54-27-36-44-33(26-53-36)30-20-14-9-15-21-30)38(50)45-31(22-28-16-10-7-11-17-28)34(48)24-43-25-35(49)32(23-29-18-12-8-13-19-29)46-40(52)55-42(4,5)6/h7-21,26,31-32,34-35,37,43,48-49H,22-25,27H2,1-6H3,(H,45,50)(H,46,52)(H,47,51)/t31-,32-,34+,35+,37+/m0/s1. The van der Waals surface area contributed by atoms with E-state index in [1.165, 1.54) is 6.26 Å². The summed E-state index contributed by atoms with van der Waals surface area (Å²) in [5, 5.41) is 34.2. The number of carbonyl (C=O) groups excluding carboxylic acids is 3. The highest BCUT2D eigenvalue weighted by Crippen LogP contribution is 2.22. The second-order valence-electron chi connectivity index (χ2n) is 15.6. The predicted octanol–water partition coefficient (Wildman–Crippen LogP) is 5.16. The predicted molar refractivity (Wildman–Crippen MR) is 209 cm³/mol. The zero-order chi connectivity index (χ0) is 40.0. The molecular formula is C42H55N5O8. The zero-order valence-electron chi connectivity index (χ0n) is 32.5. The molecule has 0 aliphatic heterocycles. The van der Waals surface area contributed by atoms with E-state index in [9.17, 15) is 24.6 Å². The third-order valence-electron chi connectivity index (χ3n) is 8.60. The Morgan fingerprint density at radius 3 is 1.73 bits per heavy atom. The molecule has 0 unspecified atom stereocenters. The van der Waals surface area contributed by atoms with Gasteiger partial charge in [-0.1, -0.05) is 112 Å². The lowest BCUT2D eigenvalue weighted by Gasteiger charge is -2.33. The van der Waals surface area contributed by atoms with Gasteiger partial charge in [0.1, 0.15) is 23.6 Å². The first-order valence-corrected chi connectivity index (χ1v) is 18.4. The minimum atomic E-state index is -1.11. The van der Waals surface area contributed by atoms with Crippen LogP contribution in [0.15, 0.2) is 102 Å². The van der Waals surface area contributed by atoms with Crippen LogP contribution < -0.4 is 21.3 Å². The number of aliphatic hydroxyl groups excluding tert-OH is 2. The fourth-order valence-electron chi connectivity index (χ4n) is 5.77. The molecule has 0 fully saturated rings. The van der Waals surface area contributed by atoms with Gasteiger partial charge in [-0.05, 0) is 50.2 Å². The average Bonchev–Trinajstić information content (AvgIpc) is 3.61. The number of hydrogen-bond donors (Lipinski definition) is 6. The highest BCUT2D eigenvalue weighted by atomic mass is 16.6. The van der Waals surface area contributed by atoms with Gasteiger partial charge in [0.2, 0.25) is 11.8 Å². The maximum atomic E-state index is 13.9. The summed E-state index contributed by atoms with van der Waals surface area (Å²) in [6.07, 6.45) is -1.55. The van der Waals surface area contributed by atoms with E-state index in [1.807, 2.05) is 91.0 Å². The number of hydrogen-bond acceptors (Lipinski definition) is 10. The van der Waals surface area contributed by atoms with Crippen LogP contribution in [0.5, 0.6) is 0 Å². The summed E-state index contributed by atoms with van der Waals surface area (Å²) >= 11 is 0. The first kappa shape index (κ1) is 42.5. The number of aromatic nitrogens is 1. The summed E-state index contributed by atoms with van der Waals surface area (Å²) in [5.74, 6) is -0.321. The van der Waals surface area contributed by atoms with E-state index in [1.54, 1.807) is 41.5 Å². The molecule has 13 nitrogen and oxygen atoms in total. The summed E-state index contributed by atoms with van der Waals surface area (Å²) in [6.45, 7) is 10.5.